The third-order valence-corrected chi connectivity index (χ3v) is 5.77. The van der Waals surface area contributed by atoms with Gasteiger partial charge in [-0.15, -0.1) is 0 Å². The van der Waals surface area contributed by atoms with E-state index in [4.69, 9.17) is 4.42 Å². The van der Waals surface area contributed by atoms with Gasteiger partial charge in [0.05, 0.1) is 10.4 Å². The molecule has 0 radical (unpaired) electrons. The standard InChI is InChI=1S/C15H20N2O4S/c1-17-13-9-8-12(10-14(13)21-15(17)18)22(19,20)16-11-6-4-2-3-5-7-11/h8-11,16H,2-7H2,1H3. The summed E-state index contributed by atoms with van der Waals surface area (Å²) in [5, 5.41) is 0. The molecule has 0 spiro atoms. The summed E-state index contributed by atoms with van der Waals surface area (Å²) in [4.78, 5) is 11.6. The molecule has 0 atom stereocenters. The van der Waals surface area contributed by atoms with Gasteiger partial charge >= 0.3 is 5.76 Å². The van der Waals surface area contributed by atoms with Crippen LogP contribution in [0.4, 0.5) is 0 Å². The maximum absolute atomic E-state index is 12.5. The lowest BCUT2D eigenvalue weighted by Crippen LogP contribution is -2.34. The van der Waals surface area contributed by atoms with Crippen molar-refractivity contribution in [3.8, 4) is 0 Å². The Balaban J connectivity index is 1.89. The zero-order valence-electron chi connectivity index (χ0n) is 12.5. The van der Waals surface area contributed by atoms with E-state index in [-0.39, 0.29) is 16.5 Å². The second-order valence-corrected chi connectivity index (χ2v) is 7.58. The van der Waals surface area contributed by atoms with Gasteiger partial charge < -0.3 is 4.42 Å². The molecule has 0 saturated heterocycles. The minimum Gasteiger partial charge on any atom is -0.408 e. The Morgan fingerprint density at radius 2 is 1.86 bits per heavy atom. The smallest absolute Gasteiger partial charge is 0.408 e. The fraction of sp³-hybridized carbons (Fsp3) is 0.533. The second-order valence-electron chi connectivity index (χ2n) is 5.87. The van der Waals surface area contributed by atoms with Crippen LogP contribution < -0.4 is 10.5 Å². The quantitative estimate of drug-likeness (QED) is 0.877. The van der Waals surface area contributed by atoms with Gasteiger partial charge in [0.2, 0.25) is 10.0 Å². The van der Waals surface area contributed by atoms with E-state index in [0.717, 1.165) is 25.7 Å². The third kappa shape index (κ3) is 2.96. The summed E-state index contributed by atoms with van der Waals surface area (Å²) in [6, 6.07) is 4.51. The first-order chi connectivity index (χ1) is 10.5. The molecular formula is C15H20N2O4S. The van der Waals surface area contributed by atoms with E-state index < -0.39 is 15.8 Å². The van der Waals surface area contributed by atoms with E-state index in [0.29, 0.717) is 5.52 Å². The van der Waals surface area contributed by atoms with E-state index >= 15 is 0 Å². The Morgan fingerprint density at radius 1 is 1.18 bits per heavy atom. The lowest BCUT2D eigenvalue weighted by Gasteiger charge is -2.16. The number of oxazole rings is 1. The highest BCUT2D eigenvalue weighted by atomic mass is 32.2. The number of benzene rings is 1. The zero-order valence-corrected chi connectivity index (χ0v) is 13.4. The van der Waals surface area contributed by atoms with Crippen LogP contribution in [-0.4, -0.2) is 19.0 Å². The number of aromatic nitrogens is 1. The summed E-state index contributed by atoms with van der Waals surface area (Å²) in [5.74, 6) is -0.499. The Labute approximate surface area is 129 Å². The summed E-state index contributed by atoms with van der Waals surface area (Å²) < 4.78 is 34.2. The largest absolute Gasteiger partial charge is 0.419 e. The molecule has 0 bridgehead atoms. The molecule has 0 unspecified atom stereocenters. The van der Waals surface area contributed by atoms with E-state index in [1.807, 2.05) is 0 Å². The van der Waals surface area contributed by atoms with E-state index in [2.05, 4.69) is 4.72 Å². The van der Waals surface area contributed by atoms with Gasteiger partial charge in [-0.3, -0.25) is 4.57 Å². The van der Waals surface area contributed by atoms with Gasteiger partial charge in [0, 0.05) is 19.2 Å². The Bertz CT molecular complexity index is 827. The molecule has 120 valence electrons. The number of nitrogens with zero attached hydrogens (tertiary/aromatic N) is 1. The van der Waals surface area contributed by atoms with Crippen molar-refractivity contribution in [3.63, 3.8) is 0 Å². The van der Waals surface area contributed by atoms with Crippen molar-refractivity contribution in [2.75, 3.05) is 0 Å². The maximum Gasteiger partial charge on any atom is 0.419 e. The summed E-state index contributed by atoms with van der Waals surface area (Å²) in [7, 11) is -2.00. The topological polar surface area (TPSA) is 81.3 Å². The molecule has 1 heterocycles. The summed E-state index contributed by atoms with van der Waals surface area (Å²) in [5.41, 5.74) is 0.870. The fourth-order valence-corrected chi connectivity index (χ4v) is 4.29. The number of hydrogen-bond acceptors (Lipinski definition) is 4. The molecule has 1 aromatic heterocycles. The van der Waals surface area contributed by atoms with Gasteiger partial charge in [-0.1, -0.05) is 25.7 Å². The van der Waals surface area contributed by atoms with E-state index in [1.54, 1.807) is 13.1 Å². The third-order valence-electron chi connectivity index (χ3n) is 4.25. The van der Waals surface area contributed by atoms with Crippen molar-refractivity contribution in [1.82, 2.24) is 9.29 Å². The lowest BCUT2D eigenvalue weighted by atomic mass is 10.1. The Hall–Kier alpha value is -1.60. The molecule has 1 aromatic carbocycles. The van der Waals surface area contributed by atoms with Crippen LogP contribution in [-0.2, 0) is 17.1 Å². The molecule has 0 aliphatic heterocycles. The van der Waals surface area contributed by atoms with Gasteiger partial charge in [-0.25, -0.2) is 17.9 Å². The van der Waals surface area contributed by atoms with Crippen LogP contribution in [0.1, 0.15) is 38.5 Å². The van der Waals surface area contributed by atoms with Crippen molar-refractivity contribution in [2.24, 2.45) is 7.05 Å². The number of fused-ring (bicyclic) bond motifs is 1. The first-order valence-electron chi connectivity index (χ1n) is 7.59. The monoisotopic (exact) mass is 324 g/mol. The van der Waals surface area contributed by atoms with Gasteiger partial charge in [0.25, 0.3) is 0 Å². The van der Waals surface area contributed by atoms with Crippen molar-refractivity contribution < 1.29 is 12.8 Å². The van der Waals surface area contributed by atoms with Crippen molar-refractivity contribution in [1.29, 1.82) is 0 Å². The molecule has 1 N–H and O–H groups in total. The first kappa shape index (κ1) is 15.3. The van der Waals surface area contributed by atoms with Crippen LogP contribution in [0.15, 0.2) is 32.3 Å². The molecule has 1 saturated carbocycles. The van der Waals surface area contributed by atoms with Gasteiger partial charge in [-0.05, 0) is 25.0 Å². The molecule has 1 fully saturated rings. The number of sulfonamides is 1. The van der Waals surface area contributed by atoms with Crippen molar-refractivity contribution in [2.45, 2.75) is 49.5 Å². The molecule has 22 heavy (non-hydrogen) atoms. The Kier molecular flexibility index (Phi) is 4.10. The number of rotatable bonds is 3. The number of hydrogen-bond donors (Lipinski definition) is 1. The summed E-state index contributed by atoms with van der Waals surface area (Å²) in [6.07, 6.45) is 6.20. The fourth-order valence-electron chi connectivity index (χ4n) is 2.97. The van der Waals surface area contributed by atoms with Gasteiger partial charge in [0.15, 0.2) is 5.58 Å². The van der Waals surface area contributed by atoms with Crippen LogP contribution in [0.2, 0.25) is 0 Å². The molecule has 3 rings (SSSR count). The predicted molar refractivity (Wildman–Crippen MR) is 83.3 cm³/mol. The van der Waals surface area contributed by atoms with Crippen LogP contribution >= 0.6 is 0 Å². The van der Waals surface area contributed by atoms with Crippen LogP contribution in [0.25, 0.3) is 11.1 Å². The zero-order chi connectivity index (χ0) is 15.7. The average Bonchev–Trinajstić information content (AvgIpc) is 2.67. The SMILES string of the molecule is Cn1c(=O)oc2cc(S(=O)(=O)NC3CCCCCC3)ccc21. The lowest BCUT2D eigenvalue weighted by molar-refractivity contribution is 0.509. The molecule has 7 heteroatoms. The summed E-state index contributed by atoms with van der Waals surface area (Å²) in [6.45, 7) is 0. The second kappa shape index (κ2) is 5.89. The van der Waals surface area contributed by atoms with E-state index in [1.165, 1.54) is 29.5 Å². The molecule has 2 aromatic rings. The number of nitrogens with one attached hydrogen (secondary N) is 1. The predicted octanol–water partition coefficient (Wildman–Crippen LogP) is 2.13. The van der Waals surface area contributed by atoms with Crippen LogP contribution in [0, 0.1) is 0 Å². The van der Waals surface area contributed by atoms with E-state index in [9.17, 15) is 13.2 Å². The molecule has 6 nitrogen and oxygen atoms in total. The molecule has 1 aliphatic rings. The molecule has 0 amide bonds. The summed E-state index contributed by atoms with van der Waals surface area (Å²) >= 11 is 0. The normalized spacial score (nSPS) is 17.7. The van der Waals surface area contributed by atoms with Crippen LogP contribution in [0.3, 0.4) is 0 Å². The average molecular weight is 324 g/mol. The highest BCUT2D eigenvalue weighted by Gasteiger charge is 2.22. The maximum atomic E-state index is 12.5. The van der Waals surface area contributed by atoms with Crippen molar-refractivity contribution >= 4 is 21.1 Å². The van der Waals surface area contributed by atoms with Crippen molar-refractivity contribution in [3.05, 3.63) is 28.7 Å². The highest BCUT2D eigenvalue weighted by molar-refractivity contribution is 7.89. The minimum atomic E-state index is -3.59. The minimum absolute atomic E-state index is 0.00835. The molecular weight excluding hydrogens is 304 g/mol. The van der Waals surface area contributed by atoms with Gasteiger partial charge in [0.1, 0.15) is 0 Å². The van der Waals surface area contributed by atoms with Crippen LogP contribution in [0.5, 0.6) is 0 Å². The number of aryl methyl sites for hydroxylation is 1. The molecule has 1 aliphatic carbocycles. The van der Waals surface area contributed by atoms with Gasteiger partial charge in [-0.2, -0.15) is 0 Å². The Morgan fingerprint density at radius 3 is 2.55 bits per heavy atom. The first-order valence-corrected chi connectivity index (χ1v) is 9.07. The highest BCUT2D eigenvalue weighted by Crippen LogP contribution is 2.21.